The van der Waals surface area contributed by atoms with Crippen molar-refractivity contribution in [3.8, 4) is 45.2 Å². The summed E-state index contributed by atoms with van der Waals surface area (Å²) in [5.74, 6) is 0.710. The van der Waals surface area contributed by atoms with Crippen LogP contribution in [0.1, 0.15) is 0 Å². The molecule has 3 nitrogen and oxygen atoms in total. The molecule has 0 aliphatic carbocycles. The summed E-state index contributed by atoms with van der Waals surface area (Å²) in [5.41, 5.74) is 6.98. The highest BCUT2D eigenvalue weighted by Gasteiger charge is 2.18. The summed E-state index contributed by atoms with van der Waals surface area (Å²) in [6, 6.07) is 53.5. The molecule has 48 heavy (non-hydrogen) atoms. The number of pyridine rings is 1. The van der Waals surface area contributed by atoms with Crippen molar-refractivity contribution in [2.75, 3.05) is 0 Å². The minimum atomic E-state index is 0.710. The van der Waals surface area contributed by atoms with E-state index in [4.69, 9.17) is 15.0 Å². The van der Waals surface area contributed by atoms with E-state index in [1.165, 1.54) is 41.0 Å². The smallest absolute Gasteiger partial charge is 0.160 e. The summed E-state index contributed by atoms with van der Waals surface area (Å²) in [6.07, 6.45) is 0. The number of hydrogen-bond acceptors (Lipinski definition) is 5. The summed E-state index contributed by atoms with van der Waals surface area (Å²) in [5, 5.41) is 7.40. The molecule has 6 aromatic carbocycles. The highest BCUT2D eigenvalue weighted by atomic mass is 32.1. The van der Waals surface area contributed by atoms with Crippen LogP contribution in [0.15, 0.2) is 152 Å². The van der Waals surface area contributed by atoms with Gasteiger partial charge in [-0.2, -0.15) is 0 Å². The number of hydrogen-bond donors (Lipinski definition) is 0. The van der Waals surface area contributed by atoms with E-state index in [2.05, 4.69) is 133 Å². The first-order chi connectivity index (χ1) is 23.8. The molecule has 0 bridgehead atoms. The summed E-state index contributed by atoms with van der Waals surface area (Å²) in [7, 11) is 0. The van der Waals surface area contributed by atoms with E-state index >= 15 is 0 Å². The summed E-state index contributed by atoms with van der Waals surface area (Å²) >= 11 is 3.58. The first-order valence-electron chi connectivity index (χ1n) is 15.9. The van der Waals surface area contributed by atoms with Crippen LogP contribution in [0.5, 0.6) is 0 Å². The van der Waals surface area contributed by atoms with E-state index < -0.39 is 0 Å². The van der Waals surface area contributed by atoms with Crippen LogP contribution in [-0.4, -0.2) is 15.0 Å². The summed E-state index contributed by atoms with van der Waals surface area (Å²) < 4.78 is 3.77. The Morgan fingerprint density at radius 2 is 1.02 bits per heavy atom. The molecule has 0 aliphatic rings. The molecule has 0 saturated heterocycles. The lowest BCUT2D eigenvalue weighted by atomic mass is 9.98. The maximum absolute atomic E-state index is 5.32. The lowest BCUT2D eigenvalue weighted by Gasteiger charge is -2.12. The Bertz CT molecular complexity index is 2850. The minimum absolute atomic E-state index is 0.710. The normalized spacial score (nSPS) is 11.8. The molecule has 4 aromatic heterocycles. The van der Waals surface area contributed by atoms with Crippen molar-refractivity contribution in [2.45, 2.75) is 0 Å². The predicted molar refractivity (Wildman–Crippen MR) is 205 cm³/mol. The second-order valence-electron chi connectivity index (χ2n) is 12.0. The molecule has 5 heteroatoms. The molecule has 0 radical (unpaired) electrons. The summed E-state index contributed by atoms with van der Waals surface area (Å²) in [4.78, 5) is 16.7. The van der Waals surface area contributed by atoms with Crippen molar-refractivity contribution in [1.82, 2.24) is 15.0 Å². The van der Waals surface area contributed by atoms with Gasteiger partial charge in [0.25, 0.3) is 0 Å². The van der Waals surface area contributed by atoms with Crippen molar-refractivity contribution >= 4 is 73.9 Å². The van der Waals surface area contributed by atoms with Gasteiger partial charge in [0.1, 0.15) is 4.83 Å². The fraction of sp³-hybridized carbons (Fsp3) is 0. The predicted octanol–water partition coefficient (Wildman–Crippen LogP) is 12.4. The number of aromatic nitrogens is 3. The molecule has 4 heterocycles. The molecule has 0 unspecified atom stereocenters. The highest BCUT2D eigenvalue weighted by molar-refractivity contribution is 7.26. The second-order valence-corrected chi connectivity index (χ2v) is 14.1. The van der Waals surface area contributed by atoms with E-state index in [9.17, 15) is 0 Å². The van der Waals surface area contributed by atoms with Gasteiger partial charge in [-0.3, -0.25) is 0 Å². The Balaban J connectivity index is 1.19. The van der Waals surface area contributed by atoms with Crippen LogP contribution in [-0.2, 0) is 0 Å². The monoisotopic (exact) mass is 647 g/mol. The van der Waals surface area contributed by atoms with Crippen molar-refractivity contribution in [2.24, 2.45) is 0 Å². The van der Waals surface area contributed by atoms with E-state index in [1.54, 1.807) is 11.3 Å². The van der Waals surface area contributed by atoms with Crippen LogP contribution in [0.25, 0.3) is 96.4 Å². The standard InChI is InChI=1S/C43H25N3S2/c1-2-12-26(13-3-1)42-44-35(25-36(45-42)33-21-11-20-32-29-16-6-8-22-37(29)47-41(32)33)27-14-10-15-28(24-27)40-31-18-5-4-17-30(31)39-34-19-7-9-23-38(34)48-43(39)46-40/h1-25H. The Hall–Kier alpha value is -5.75. The topological polar surface area (TPSA) is 38.7 Å². The number of nitrogens with zero attached hydrogens (tertiary/aromatic N) is 3. The van der Waals surface area contributed by atoms with Gasteiger partial charge in [-0.25, -0.2) is 15.0 Å². The zero-order valence-electron chi connectivity index (χ0n) is 25.6. The van der Waals surface area contributed by atoms with E-state index in [1.807, 2.05) is 29.5 Å². The molecule has 0 amide bonds. The SMILES string of the molecule is c1ccc(-c2nc(-c3cccc(-c4nc5sc6ccccc6c5c5ccccc45)c3)cc(-c3cccc4c3sc3ccccc34)n2)cc1. The van der Waals surface area contributed by atoms with Gasteiger partial charge in [0.05, 0.1) is 17.1 Å². The van der Waals surface area contributed by atoms with Crippen LogP contribution >= 0.6 is 22.7 Å². The first-order valence-corrected chi connectivity index (χ1v) is 17.6. The van der Waals surface area contributed by atoms with Gasteiger partial charge in [-0.15, -0.1) is 22.7 Å². The van der Waals surface area contributed by atoms with Gasteiger partial charge >= 0.3 is 0 Å². The Labute approximate surface area is 284 Å². The molecule has 224 valence electrons. The molecule has 10 aromatic rings. The zero-order chi connectivity index (χ0) is 31.6. The van der Waals surface area contributed by atoms with Gasteiger partial charge in [-0.1, -0.05) is 127 Å². The molecule has 0 N–H and O–H groups in total. The largest absolute Gasteiger partial charge is 0.236 e. The number of rotatable bonds is 4. The first kappa shape index (κ1) is 27.4. The molecule has 0 fully saturated rings. The molecular weight excluding hydrogens is 623 g/mol. The number of benzene rings is 6. The molecule has 0 saturated carbocycles. The van der Waals surface area contributed by atoms with Crippen LogP contribution in [0, 0.1) is 0 Å². The fourth-order valence-corrected chi connectivity index (χ4v) is 9.20. The molecule has 0 aliphatic heterocycles. The minimum Gasteiger partial charge on any atom is -0.236 e. The zero-order valence-corrected chi connectivity index (χ0v) is 27.2. The third kappa shape index (κ3) is 4.36. The van der Waals surface area contributed by atoms with Crippen LogP contribution in [0.4, 0.5) is 0 Å². The molecule has 0 spiro atoms. The maximum atomic E-state index is 5.32. The lowest BCUT2D eigenvalue weighted by molar-refractivity contribution is 1.19. The van der Waals surface area contributed by atoms with Crippen LogP contribution < -0.4 is 0 Å². The van der Waals surface area contributed by atoms with Crippen molar-refractivity contribution in [3.05, 3.63) is 152 Å². The van der Waals surface area contributed by atoms with Gasteiger partial charge in [0.15, 0.2) is 5.82 Å². The average molecular weight is 648 g/mol. The number of thiophene rings is 2. The molecule has 10 rings (SSSR count). The quantitative estimate of drug-likeness (QED) is 0.191. The fourth-order valence-electron chi connectivity index (χ4n) is 6.89. The van der Waals surface area contributed by atoms with Gasteiger partial charge in [-0.05, 0) is 29.7 Å². The van der Waals surface area contributed by atoms with Gasteiger partial charge in [0.2, 0.25) is 0 Å². The van der Waals surface area contributed by atoms with Crippen molar-refractivity contribution in [3.63, 3.8) is 0 Å². The molecular formula is C43H25N3S2. The Morgan fingerprint density at radius 1 is 0.396 bits per heavy atom. The van der Waals surface area contributed by atoms with Crippen molar-refractivity contribution < 1.29 is 0 Å². The number of fused-ring (bicyclic) bond motifs is 8. The van der Waals surface area contributed by atoms with Gasteiger partial charge < -0.3 is 0 Å². The van der Waals surface area contributed by atoms with Gasteiger partial charge in [0, 0.05) is 63.3 Å². The van der Waals surface area contributed by atoms with E-state index in [0.29, 0.717) is 5.82 Å². The third-order valence-corrected chi connectivity index (χ3v) is 11.4. The summed E-state index contributed by atoms with van der Waals surface area (Å²) in [6.45, 7) is 0. The maximum Gasteiger partial charge on any atom is 0.160 e. The highest BCUT2D eigenvalue weighted by Crippen LogP contribution is 2.42. The third-order valence-electron chi connectivity index (χ3n) is 9.11. The van der Waals surface area contributed by atoms with Crippen molar-refractivity contribution in [1.29, 1.82) is 0 Å². The Kier molecular flexibility index (Phi) is 6.22. The lowest BCUT2D eigenvalue weighted by Crippen LogP contribution is -1.96. The average Bonchev–Trinajstić information content (AvgIpc) is 3.73. The molecule has 0 atom stereocenters. The van der Waals surface area contributed by atoms with E-state index in [-0.39, 0.29) is 0 Å². The van der Waals surface area contributed by atoms with E-state index in [0.717, 1.165) is 49.6 Å². The second kappa shape index (κ2) is 10.9. The Morgan fingerprint density at radius 3 is 1.88 bits per heavy atom. The van der Waals surface area contributed by atoms with Crippen LogP contribution in [0.2, 0.25) is 0 Å². The van der Waals surface area contributed by atoms with Crippen LogP contribution in [0.3, 0.4) is 0 Å².